The number of hydroxylamine groups is 2. The summed E-state index contributed by atoms with van der Waals surface area (Å²) in [5.41, 5.74) is -0.975. The number of aliphatic carboxylic acids is 3. The second-order valence-corrected chi connectivity index (χ2v) is 12.8. The zero-order valence-electron chi connectivity index (χ0n) is 30.5. The number of unbranched alkanes of at least 4 members (excludes halogenated alkanes) is 2. The minimum absolute atomic E-state index is 0.0753. The largest absolute Gasteiger partial charge is 0.534 e. The predicted octanol–water partition coefficient (Wildman–Crippen LogP) is 3.17. The van der Waals surface area contributed by atoms with Crippen molar-refractivity contribution in [3.63, 3.8) is 0 Å². The van der Waals surface area contributed by atoms with Crippen molar-refractivity contribution in [3.05, 3.63) is 41.7 Å². The monoisotopic (exact) mass is 762 g/mol. The molecule has 1 aromatic carbocycles. The van der Waals surface area contributed by atoms with Gasteiger partial charge >= 0.3 is 24.1 Å². The van der Waals surface area contributed by atoms with Crippen molar-refractivity contribution in [2.24, 2.45) is 5.92 Å². The lowest BCUT2D eigenvalue weighted by molar-refractivity contribution is -0.182. The molecular weight excluding hydrogens is 716 g/mol. The van der Waals surface area contributed by atoms with Gasteiger partial charge in [-0.2, -0.15) is 5.06 Å². The fraction of sp³-hybridized carbons (Fsp3) is 0.486. The normalized spacial score (nSPS) is 12.6. The second-order valence-electron chi connectivity index (χ2n) is 12.8. The van der Waals surface area contributed by atoms with Gasteiger partial charge in [-0.1, -0.05) is 39.2 Å². The number of carboxylic acids is 3. The van der Waals surface area contributed by atoms with E-state index in [9.17, 15) is 43.5 Å². The fourth-order valence-electron chi connectivity index (χ4n) is 5.05. The lowest BCUT2D eigenvalue weighted by Gasteiger charge is -2.32. The number of carboxylic acid groups (broad SMARTS) is 3. The van der Waals surface area contributed by atoms with E-state index in [-0.39, 0.29) is 41.5 Å². The summed E-state index contributed by atoms with van der Waals surface area (Å²) < 4.78 is 16.0. The van der Waals surface area contributed by atoms with Gasteiger partial charge in [-0.3, -0.25) is 24.0 Å². The molecule has 296 valence electrons. The number of furan rings is 1. The SMILES string of the molecule is CCCCC[C@@H](C(=O)NCNC(=O)c1ccc(-c2ccc(C(=O)N[C@@H](CC(=O)O)C(=O)O)c(OCC(=O)O)c2)o1)[C@@H](CC)N(C=O)OC(=O)OC(C)(C)C. The van der Waals surface area contributed by atoms with Crippen LogP contribution in [-0.4, -0.2) is 99.5 Å². The molecule has 4 amide bonds. The number of ether oxygens (including phenoxy) is 2. The molecule has 2 rings (SSSR count). The van der Waals surface area contributed by atoms with Crippen LogP contribution in [-0.2, 0) is 33.5 Å². The molecule has 19 heteroatoms. The molecule has 1 heterocycles. The lowest BCUT2D eigenvalue weighted by atomic mass is 9.90. The van der Waals surface area contributed by atoms with Crippen molar-refractivity contribution in [2.75, 3.05) is 13.3 Å². The summed E-state index contributed by atoms with van der Waals surface area (Å²) >= 11 is 0. The number of amides is 4. The van der Waals surface area contributed by atoms with E-state index in [1.165, 1.54) is 30.3 Å². The standard InChI is InChI=1S/C35H46N4O15/c1-6-8-9-10-21(24(7-2)39(19-40)54-34(50)53-35(3,4)5)30(45)36-18-37-32(47)26-14-13-25(52-26)20-11-12-22(27(15-20)51-17-29(43)44)31(46)38-23(33(48)49)16-28(41)42/h11-15,19,21,23-24H,6-10,16-18H2,1-5H3,(H,36,45)(H,37,47)(H,38,46)(H,41,42)(H,43,44)(H,48,49)/t21-,23+,24-/m1/s1. The van der Waals surface area contributed by atoms with E-state index >= 15 is 0 Å². The second kappa shape index (κ2) is 20.8. The van der Waals surface area contributed by atoms with Gasteiger partial charge in [0.15, 0.2) is 12.4 Å². The molecule has 0 aliphatic carbocycles. The van der Waals surface area contributed by atoms with E-state index in [1.807, 2.05) is 6.92 Å². The summed E-state index contributed by atoms with van der Waals surface area (Å²) in [4.78, 5) is 102. The van der Waals surface area contributed by atoms with Crippen LogP contribution in [0.1, 0.15) is 94.1 Å². The summed E-state index contributed by atoms with van der Waals surface area (Å²) in [6.45, 7) is 7.34. The molecule has 54 heavy (non-hydrogen) atoms. The van der Waals surface area contributed by atoms with Gasteiger partial charge in [-0.25, -0.2) is 14.4 Å². The van der Waals surface area contributed by atoms with Crippen LogP contribution in [0.4, 0.5) is 4.79 Å². The van der Waals surface area contributed by atoms with Gasteiger partial charge in [0, 0.05) is 5.56 Å². The maximum absolute atomic E-state index is 13.4. The number of hydrogen-bond acceptors (Lipinski definition) is 12. The fourth-order valence-corrected chi connectivity index (χ4v) is 5.05. The Labute approximate surface area is 310 Å². The Balaban J connectivity index is 2.20. The van der Waals surface area contributed by atoms with E-state index in [2.05, 4.69) is 16.0 Å². The Morgan fingerprint density at radius 3 is 2.20 bits per heavy atom. The van der Waals surface area contributed by atoms with Crippen molar-refractivity contribution in [3.8, 4) is 17.1 Å². The van der Waals surface area contributed by atoms with Gasteiger partial charge in [-0.05, 0) is 57.9 Å². The topological polar surface area (TPSA) is 277 Å². The summed E-state index contributed by atoms with van der Waals surface area (Å²) in [6.07, 6.45) is 1.14. The van der Waals surface area contributed by atoms with E-state index in [0.717, 1.165) is 17.9 Å². The summed E-state index contributed by atoms with van der Waals surface area (Å²) in [6, 6.07) is 3.79. The van der Waals surface area contributed by atoms with E-state index in [4.69, 9.17) is 28.9 Å². The first-order chi connectivity index (χ1) is 25.4. The molecule has 0 spiro atoms. The van der Waals surface area contributed by atoms with Crippen molar-refractivity contribution in [1.82, 2.24) is 21.0 Å². The average molecular weight is 763 g/mol. The molecule has 19 nitrogen and oxygen atoms in total. The Bertz CT molecular complexity index is 1670. The van der Waals surface area contributed by atoms with Gasteiger partial charge in [0.05, 0.1) is 30.6 Å². The summed E-state index contributed by atoms with van der Waals surface area (Å²) in [7, 11) is 0. The van der Waals surface area contributed by atoms with Crippen LogP contribution >= 0.6 is 0 Å². The highest BCUT2D eigenvalue weighted by atomic mass is 16.8. The zero-order valence-corrected chi connectivity index (χ0v) is 30.5. The van der Waals surface area contributed by atoms with E-state index < -0.39 is 78.4 Å². The third-order valence-corrected chi connectivity index (χ3v) is 7.52. The predicted molar refractivity (Wildman–Crippen MR) is 186 cm³/mol. The molecule has 0 aliphatic rings. The van der Waals surface area contributed by atoms with Crippen molar-refractivity contribution >= 4 is 48.2 Å². The van der Waals surface area contributed by atoms with Gasteiger partial charge in [0.1, 0.15) is 23.2 Å². The van der Waals surface area contributed by atoms with Crippen LogP contribution in [0.25, 0.3) is 11.3 Å². The minimum atomic E-state index is -1.79. The van der Waals surface area contributed by atoms with Crippen molar-refractivity contribution < 1.29 is 72.4 Å². The van der Waals surface area contributed by atoms with E-state index in [1.54, 1.807) is 27.7 Å². The summed E-state index contributed by atoms with van der Waals surface area (Å²) in [5.74, 6) is -8.04. The number of hydrogen-bond donors (Lipinski definition) is 6. The number of carbonyl (C=O) groups excluding carboxylic acids is 5. The van der Waals surface area contributed by atoms with E-state index in [0.29, 0.717) is 19.3 Å². The highest BCUT2D eigenvalue weighted by Gasteiger charge is 2.34. The molecular formula is C35H46N4O15. The molecule has 0 aliphatic heterocycles. The molecule has 0 unspecified atom stereocenters. The van der Waals surface area contributed by atoms with Gasteiger partial charge < -0.3 is 50.0 Å². The van der Waals surface area contributed by atoms with Crippen LogP contribution in [0.5, 0.6) is 5.75 Å². The molecule has 1 aromatic heterocycles. The number of benzene rings is 1. The highest BCUT2D eigenvalue weighted by Crippen LogP contribution is 2.29. The Hall–Kier alpha value is -6.14. The quantitative estimate of drug-likeness (QED) is 0.0330. The number of rotatable bonds is 22. The van der Waals surface area contributed by atoms with Crippen molar-refractivity contribution in [1.29, 1.82) is 0 Å². The number of nitrogens with zero attached hydrogens (tertiary/aromatic N) is 1. The zero-order chi connectivity index (χ0) is 40.6. The Kier molecular flexibility index (Phi) is 16.9. The van der Waals surface area contributed by atoms with Crippen LogP contribution in [0, 0.1) is 5.92 Å². The third-order valence-electron chi connectivity index (χ3n) is 7.52. The first-order valence-corrected chi connectivity index (χ1v) is 16.9. The first-order valence-electron chi connectivity index (χ1n) is 16.9. The van der Waals surface area contributed by atoms with Gasteiger partial charge in [-0.15, -0.1) is 0 Å². The molecule has 6 N–H and O–H groups in total. The molecule has 0 saturated heterocycles. The molecule has 0 radical (unpaired) electrons. The maximum Gasteiger partial charge on any atom is 0.534 e. The molecule has 2 aromatic rings. The lowest BCUT2D eigenvalue weighted by Crippen LogP contribution is -2.49. The van der Waals surface area contributed by atoms with Crippen LogP contribution in [0.3, 0.4) is 0 Å². The molecule has 0 saturated carbocycles. The maximum atomic E-state index is 13.4. The molecule has 0 bridgehead atoms. The van der Waals surface area contributed by atoms with Crippen LogP contribution in [0.15, 0.2) is 34.7 Å². The smallest absolute Gasteiger partial charge is 0.481 e. The average Bonchev–Trinajstić information content (AvgIpc) is 3.59. The molecule has 3 atom stereocenters. The third kappa shape index (κ3) is 14.1. The molecule has 0 fully saturated rings. The highest BCUT2D eigenvalue weighted by molar-refractivity contribution is 6.00. The van der Waals surface area contributed by atoms with Crippen LogP contribution in [0.2, 0.25) is 0 Å². The van der Waals surface area contributed by atoms with Crippen LogP contribution < -0.4 is 20.7 Å². The van der Waals surface area contributed by atoms with Gasteiger partial charge in [0.25, 0.3) is 11.8 Å². The Morgan fingerprint density at radius 1 is 0.926 bits per heavy atom. The van der Waals surface area contributed by atoms with Gasteiger partial charge in [0.2, 0.25) is 12.3 Å². The first kappa shape index (κ1) is 44.0. The summed E-state index contributed by atoms with van der Waals surface area (Å²) in [5, 5.41) is 35.3. The minimum Gasteiger partial charge on any atom is -0.481 e. The number of carbonyl (C=O) groups is 8. The Morgan fingerprint density at radius 2 is 1.63 bits per heavy atom. The van der Waals surface area contributed by atoms with Crippen molar-refractivity contribution in [2.45, 2.75) is 90.8 Å². The number of nitrogens with one attached hydrogen (secondary N) is 3.